The fourth-order valence-corrected chi connectivity index (χ4v) is 7.98. The monoisotopic (exact) mass is 604 g/mol. The second-order valence-corrected chi connectivity index (χ2v) is 12.7. The molecule has 5 rings (SSSR count). The van der Waals surface area contributed by atoms with Crippen LogP contribution in [-0.4, -0.2) is 114 Å². The first-order valence-electron chi connectivity index (χ1n) is 14.2. The lowest BCUT2D eigenvalue weighted by Gasteiger charge is -2.47. The largest absolute Gasteiger partial charge is 0.477 e. The van der Waals surface area contributed by atoms with Crippen LogP contribution in [0.2, 0.25) is 0 Å². The molecule has 15 nitrogen and oxygen atoms in total. The molecule has 16 heteroatoms. The average Bonchev–Trinajstić information content (AvgIpc) is 3.72. The van der Waals surface area contributed by atoms with Crippen molar-refractivity contribution in [3.63, 3.8) is 0 Å². The Morgan fingerprint density at radius 1 is 1.29 bits per heavy atom. The number of thioether (sulfide) groups is 1. The van der Waals surface area contributed by atoms with Crippen molar-refractivity contribution < 1.29 is 33.8 Å². The number of ether oxygens (including phenoxy) is 1. The van der Waals surface area contributed by atoms with E-state index < -0.39 is 17.9 Å². The van der Waals surface area contributed by atoms with Crippen LogP contribution in [0.5, 0.6) is 0 Å². The number of ketones is 1. The van der Waals surface area contributed by atoms with Crippen molar-refractivity contribution in [1.29, 1.82) is 0 Å². The van der Waals surface area contributed by atoms with E-state index in [1.54, 1.807) is 18.7 Å². The van der Waals surface area contributed by atoms with Gasteiger partial charge in [0.2, 0.25) is 11.8 Å². The third-order valence-corrected chi connectivity index (χ3v) is 10.0. The van der Waals surface area contributed by atoms with Crippen molar-refractivity contribution in [2.75, 3.05) is 26.2 Å². The summed E-state index contributed by atoms with van der Waals surface area (Å²) in [5.74, 6) is -3.82. The normalized spacial score (nSPS) is 29.5. The Hall–Kier alpha value is -3.37. The molecule has 3 fully saturated rings. The molecule has 4 aliphatic heterocycles. The van der Waals surface area contributed by atoms with Crippen LogP contribution >= 0.6 is 11.8 Å². The number of esters is 1. The van der Waals surface area contributed by atoms with Crippen LogP contribution in [0.1, 0.15) is 50.7 Å². The summed E-state index contributed by atoms with van der Waals surface area (Å²) in [6, 6.07) is -0.729. The van der Waals surface area contributed by atoms with E-state index in [1.165, 1.54) is 16.7 Å². The van der Waals surface area contributed by atoms with Crippen LogP contribution in [0.15, 0.2) is 10.6 Å². The van der Waals surface area contributed by atoms with Crippen LogP contribution in [-0.2, 0) is 30.5 Å². The number of carbonyl (C=O) groups excluding carboxylic acids is 4. The Kier molecular flexibility index (Phi) is 8.66. The third-order valence-electron chi connectivity index (χ3n) is 8.49. The number of β-lactam (4-membered cyclic amide) rings is 1. The SMILES string of the molecule is CCOC(=O)c1nnnn1CC(=O)C[C@H](C)[C@H]1C(=O)N2C(C(=O)O)=C(S[C@@H]3CNC(C(=O)N4CC[C@@H](N)C4)C3)[C@H](C)[C@H]12. The quantitative estimate of drug-likeness (QED) is 0.210. The number of hydrogen-bond donors (Lipinski definition) is 3. The van der Waals surface area contributed by atoms with Gasteiger partial charge in [-0.1, -0.05) is 13.8 Å². The highest BCUT2D eigenvalue weighted by molar-refractivity contribution is 8.03. The summed E-state index contributed by atoms with van der Waals surface area (Å²) < 4.78 is 5.99. The molecule has 228 valence electrons. The Bertz CT molecular complexity index is 1320. The highest BCUT2D eigenvalue weighted by atomic mass is 32.2. The molecular formula is C26H36N8O7S. The molecule has 42 heavy (non-hydrogen) atoms. The molecule has 0 aliphatic carbocycles. The average molecular weight is 605 g/mol. The lowest BCUT2D eigenvalue weighted by atomic mass is 9.73. The maximum atomic E-state index is 13.3. The molecule has 0 bridgehead atoms. The predicted molar refractivity (Wildman–Crippen MR) is 147 cm³/mol. The summed E-state index contributed by atoms with van der Waals surface area (Å²) in [5.41, 5.74) is 5.95. The number of Topliss-reactive ketones (excluding diaryl/α,β-unsaturated/α-hetero) is 1. The van der Waals surface area contributed by atoms with Crippen LogP contribution < -0.4 is 11.1 Å². The number of carboxylic acids is 1. The second kappa shape index (κ2) is 12.1. The predicted octanol–water partition coefficient (Wildman–Crippen LogP) is -0.759. The van der Waals surface area contributed by atoms with E-state index in [2.05, 4.69) is 20.8 Å². The Labute approximate surface area is 246 Å². The van der Waals surface area contributed by atoms with Crippen LogP contribution in [0.4, 0.5) is 0 Å². The van der Waals surface area contributed by atoms with E-state index in [9.17, 15) is 29.1 Å². The molecule has 4 aliphatic rings. The number of nitrogens with zero attached hydrogens (tertiary/aromatic N) is 6. The summed E-state index contributed by atoms with van der Waals surface area (Å²) in [5, 5.41) is 24.1. The van der Waals surface area contributed by atoms with Gasteiger partial charge in [-0.2, -0.15) is 0 Å². The van der Waals surface area contributed by atoms with Gasteiger partial charge >= 0.3 is 11.9 Å². The fraction of sp³-hybridized carbons (Fsp3) is 0.692. The smallest absolute Gasteiger partial charge is 0.378 e. The number of aliphatic carboxylic acids is 1. The molecule has 1 aromatic rings. The van der Waals surface area contributed by atoms with Gasteiger partial charge < -0.3 is 30.7 Å². The number of carbonyl (C=O) groups is 5. The zero-order chi connectivity index (χ0) is 30.3. The van der Waals surface area contributed by atoms with E-state index in [1.807, 2.05) is 6.92 Å². The lowest BCUT2D eigenvalue weighted by molar-refractivity contribution is -0.160. The number of tetrazole rings is 1. The van der Waals surface area contributed by atoms with Crippen molar-refractivity contribution in [2.24, 2.45) is 23.5 Å². The Morgan fingerprint density at radius 3 is 2.71 bits per heavy atom. The molecule has 2 amide bonds. The molecule has 5 heterocycles. The van der Waals surface area contributed by atoms with Crippen LogP contribution in [0.25, 0.3) is 0 Å². The molecule has 1 aromatic heterocycles. The minimum atomic E-state index is -1.17. The minimum Gasteiger partial charge on any atom is -0.477 e. The number of likely N-dealkylation sites (tertiary alicyclic amines) is 1. The van der Waals surface area contributed by atoms with Gasteiger partial charge in [0.1, 0.15) is 12.2 Å². The highest BCUT2D eigenvalue weighted by Gasteiger charge is 2.60. The summed E-state index contributed by atoms with van der Waals surface area (Å²) in [7, 11) is 0. The zero-order valence-electron chi connectivity index (χ0n) is 23.8. The number of rotatable bonds is 11. The summed E-state index contributed by atoms with van der Waals surface area (Å²) in [4.78, 5) is 67.3. The molecule has 3 saturated heterocycles. The van der Waals surface area contributed by atoms with Gasteiger partial charge in [0.25, 0.3) is 5.82 Å². The standard InChI is InChI=1S/C26H36N8O7S/c1-4-41-26(40)22-29-30-31-33(22)11-15(35)7-12(2)18-19-13(3)21(20(25(38)39)34(19)24(18)37)42-16-8-17(28-9-16)23(36)32-6-5-14(27)10-32/h12-14,16-19,28H,4-11,27H2,1-3H3,(H,38,39)/t12-,13+,14+,16-,17?,18+,19+/m0/s1. The lowest BCUT2D eigenvalue weighted by Crippen LogP contribution is -2.62. The first kappa shape index (κ1) is 30.1. The van der Waals surface area contributed by atoms with Crippen LogP contribution in [0, 0.1) is 17.8 Å². The molecular weight excluding hydrogens is 568 g/mol. The molecule has 7 atom stereocenters. The summed E-state index contributed by atoms with van der Waals surface area (Å²) in [6.07, 6.45) is 1.36. The Balaban J connectivity index is 1.22. The van der Waals surface area contributed by atoms with E-state index in [0.717, 1.165) is 11.1 Å². The maximum Gasteiger partial charge on any atom is 0.378 e. The summed E-state index contributed by atoms with van der Waals surface area (Å²) in [6.45, 7) is 6.96. The molecule has 0 radical (unpaired) electrons. The van der Waals surface area contributed by atoms with Gasteiger partial charge in [0.05, 0.1) is 24.6 Å². The Morgan fingerprint density at radius 2 is 2.05 bits per heavy atom. The number of amides is 2. The second-order valence-electron chi connectivity index (χ2n) is 11.4. The van der Waals surface area contributed by atoms with E-state index in [0.29, 0.717) is 31.0 Å². The molecule has 4 N–H and O–H groups in total. The molecule has 0 spiro atoms. The van der Waals surface area contributed by atoms with Crippen molar-refractivity contribution in [2.45, 2.75) is 70.0 Å². The number of hydrogen-bond acceptors (Lipinski definition) is 12. The molecule has 0 saturated carbocycles. The number of fused-ring (bicyclic) bond motifs is 1. The van der Waals surface area contributed by atoms with Gasteiger partial charge in [-0.25, -0.2) is 14.3 Å². The first-order valence-corrected chi connectivity index (χ1v) is 15.1. The van der Waals surface area contributed by atoms with Gasteiger partial charge in [-0.05, 0) is 36.1 Å². The van der Waals surface area contributed by atoms with E-state index in [-0.39, 0.29) is 83.9 Å². The number of aromatic nitrogens is 4. The van der Waals surface area contributed by atoms with Crippen molar-refractivity contribution in [3.8, 4) is 0 Å². The van der Waals surface area contributed by atoms with Gasteiger partial charge in [-0.15, -0.1) is 16.9 Å². The third kappa shape index (κ3) is 5.54. The number of nitrogens with two attached hydrogens (primary N) is 1. The highest BCUT2D eigenvalue weighted by Crippen LogP contribution is 2.53. The zero-order valence-corrected chi connectivity index (χ0v) is 24.6. The van der Waals surface area contributed by atoms with Gasteiger partial charge in [0, 0.05) is 48.2 Å². The van der Waals surface area contributed by atoms with Crippen molar-refractivity contribution in [3.05, 3.63) is 16.4 Å². The van der Waals surface area contributed by atoms with E-state index in [4.69, 9.17) is 10.5 Å². The number of carboxylic acid groups (broad SMARTS) is 1. The number of nitrogens with one attached hydrogen (secondary N) is 1. The van der Waals surface area contributed by atoms with E-state index >= 15 is 0 Å². The molecule has 1 unspecified atom stereocenters. The van der Waals surface area contributed by atoms with Crippen molar-refractivity contribution in [1.82, 2.24) is 35.3 Å². The molecule has 0 aromatic carbocycles. The first-order chi connectivity index (χ1) is 20.0. The fourth-order valence-electron chi connectivity index (χ4n) is 6.51. The van der Waals surface area contributed by atoms with Gasteiger partial charge in [-0.3, -0.25) is 14.4 Å². The van der Waals surface area contributed by atoms with Gasteiger partial charge in [0.15, 0.2) is 5.78 Å². The van der Waals surface area contributed by atoms with Crippen LogP contribution in [0.3, 0.4) is 0 Å². The minimum absolute atomic E-state index is 0.00233. The summed E-state index contributed by atoms with van der Waals surface area (Å²) >= 11 is 1.42. The maximum absolute atomic E-state index is 13.3. The van der Waals surface area contributed by atoms with Crippen molar-refractivity contribution >= 4 is 41.3 Å². The topological polar surface area (TPSA) is 203 Å².